The second kappa shape index (κ2) is 6.80. The van der Waals surface area contributed by atoms with Gasteiger partial charge in [-0.05, 0) is 69.7 Å². The quantitative estimate of drug-likeness (QED) is 0.772. The first-order chi connectivity index (χ1) is 9.92. The Labute approximate surface area is 129 Å². The maximum absolute atomic E-state index is 9.64. The Hall–Kier alpha value is -1.06. The molecule has 2 N–H and O–H groups in total. The smallest absolute Gasteiger partial charge is 0.0610 e. The summed E-state index contributed by atoms with van der Waals surface area (Å²) in [4.78, 5) is 2.31. The molecule has 21 heavy (non-hydrogen) atoms. The minimum Gasteiger partial charge on any atom is -0.394 e. The zero-order valence-electron chi connectivity index (χ0n) is 13.9. The normalized spacial score (nSPS) is 17.6. The van der Waals surface area contributed by atoms with E-state index in [-0.39, 0.29) is 12.1 Å². The largest absolute Gasteiger partial charge is 0.394 e. The van der Waals surface area contributed by atoms with Gasteiger partial charge in [-0.1, -0.05) is 6.07 Å². The molecule has 1 aromatic rings. The van der Waals surface area contributed by atoms with Crippen molar-refractivity contribution in [3.05, 3.63) is 29.3 Å². The molecule has 1 atom stereocenters. The zero-order chi connectivity index (χ0) is 15.5. The van der Waals surface area contributed by atoms with E-state index in [4.69, 9.17) is 0 Å². The Morgan fingerprint density at radius 2 is 1.86 bits per heavy atom. The molecule has 1 saturated carbocycles. The van der Waals surface area contributed by atoms with Crippen LogP contribution in [0.2, 0.25) is 0 Å². The molecule has 0 aromatic heterocycles. The van der Waals surface area contributed by atoms with Crippen LogP contribution in [0.1, 0.15) is 43.7 Å². The van der Waals surface area contributed by atoms with Crippen molar-refractivity contribution in [3.8, 4) is 0 Å². The van der Waals surface area contributed by atoms with E-state index < -0.39 is 0 Å². The molecule has 0 heterocycles. The van der Waals surface area contributed by atoms with Gasteiger partial charge in [-0.25, -0.2) is 0 Å². The van der Waals surface area contributed by atoms with Gasteiger partial charge in [0.25, 0.3) is 0 Å². The predicted molar refractivity (Wildman–Crippen MR) is 90.1 cm³/mol. The minimum absolute atomic E-state index is 0.121. The number of aliphatic hydroxyl groups is 1. The fourth-order valence-corrected chi connectivity index (χ4v) is 2.92. The van der Waals surface area contributed by atoms with Gasteiger partial charge in [0.05, 0.1) is 6.61 Å². The van der Waals surface area contributed by atoms with E-state index in [0.29, 0.717) is 6.04 Å². The summed E-state index contributed by atoms with van der Waals surface area (Å²) in [5, 5.41) is 13.2. The summed E-state index contributed by atoms with van der Waals surface area (Å²) in [6, 6.07) is 7.32. The van der Waals surface area contributed by atoms with Crippen molar-refractivity contribution in [1.29, 1.82) is 0 Å². The van der Waals surface area contributed by atoms with E-state index in [1.807, 2.05) is 0 Å². The number of hydrogen-bond acceptors (Lipinski definition) is 3. The van der Waals surface area contributed by atoms with Gasteiger partial charge < -0.3 is 15.3 Å². The van der Waals surface area contributed by atoms with E-state index in [9.17, 15) is 5.11 Å². The summed E-state index contributed by atoms with van der Waals surface area (Å²) >= 11 is 0. The topological polar surface area (TPSA) is 35.5 Å². The van der Waals surface area contributed by atoms with Gasteiger partial charge in [0, 0.05) is 30.9 Å². The van der Waals surface area contributed by atoms with Crippen LogP contribution in [-0.2, 0) is 0 Å². The first kappa shape index (κ1) is 16.3. The Bertz CT molecular complexity index is 450. The highest BCUT2D eigenvalue weighted by atomic mass is 16.3. The van der Waals surface area contributed by atoms with E-state index in [0.717, 1.165) is 19.4 Å². The van der Waals surface area contributed by atoms with Crippen LogP contribution < -0.4 is 10.2 Å². The van der Waals surface area contributed by atoms with E-state index in [1.54, 1.807) is 0 Å². The molecule has 3 heteroatoms. The van der Waals surface area contributed by atoms with Crippen molar-refractivity contribution in [3.63, 3.8) is 0 Å². The first-order valence-corrected chi connectivity index (χ1v) is 8.10. The predicted octanol–water partition coefficient (Wildman–Crippen LogP) is 3.02. The summed E-state index contributed by atoms with van der Waals surface area (Å²) in [6.45, 7) is 7.67. The van der Waals surface area contributed by atoms with Crippen LogP contribution in [-0.4, -0.2) is 36.9 Å². The van der Waals surface area contributed by atoms with E-state index >= 15 is 0 Å². The monoisotopic (exact) mass is 290 g/mol. The van der Waals surface area contributed by atoms with Crippen molar-refractivity contribution in [2.24, 2.45) is 0 Å². The molecule has 0 aliphatic heterocycles. The van der Waals surface area contributed by atoms with Crippen LogP contribution >= 0.6 is 0 Å². The Balaban J connectivity index is 1.83. The molecular weight excluding hydrogens is 260 g/mol. The number of rotatable bonds is 8. The molecule has 1 aliphatic rings. The number of nitrogens with one attached hydrogen (secondary N) is 1. The van der Waals surface area contributed by atoms with Gasteiger partial charge in [0.2, 0.25) is 0 Å². The third-order valence-corrected chi connectivity index (χ3v) is 4.35. The SMILES string of the molecule is Cc1cc(C)cc(N(C)CCCC(C)(CO)NC2CC2)c1. The van der Waals surface area contributed by atoms with Crippen LogP contribution in [0.15, 0.2) is 18.2 Å². The maximum Gasteiger partial charge on any atom is 0.0610 e. The third-order valence-electron chi connectivity index (χ3n) is 4.35. The van der Waals surface area contributed by atoms with Crippen molar-refractivity contribution in [2.75, 3.05) is 25.1 Å². The molecule has 3 nitrogen and oxygen atoms in total. The van der Waals surface area contributed by atoms with Gasteiger partial charge in [-0.15, -0.1) is 0 Å². The standard InChI is InChI=1S/C18H30N2O/c1-14-10-15(2)12-17(11-14)20(4)9-5-8-18(3,13-21)19-16-6-7-16/h10-12,16,19,21H,5-9,13H2,1-4H3. The average Bonchev–Trinajstić information content (AvgIpc) is 3.21. The molecule has 0 bridgehead atoms. The number of anilines is 1. The lowest BCUT2D eigenvalue weighted by Gasteiger charge is -2.30. The zero-order valence-corrected chi connectivity index (χ0v) is 13.9. The molecule has 118 valence electrons. The van der Waals surface area contributed by atoms with Crippen molar-refractivity contribution in [2.45, 2.75) is 58.0 Å². The highest BCUT2D eigenvalue weighted by molar-refractivity contribution is 5.50. The summed E-state index contributed by atoms with van der Waals surface area (Å²) in [5.74, 6) is 0. The molecule has 0 saturated heterocycles. The summed E-state index contributed by atoms with van der Waals surface area (Å²) in [5.41, 5.74) is 3.79. The van der Waals surface area contributed by atoms with Crippen LogP contribution in [0.5, 0.6) is 0 Å². The molecule has 0 amide bonds. The van der Waals surface area contributed by atoms with E-state index in [2.05, 4.69) is 56.2 Å². The Morgan fingerprint density at radius 3 is 2.38 bits per heavy atom. The third kappa shape index (κ3) is 5.01. The number of hydrogen-bond donors (Lipinski definition) is 2. The minimum atomic E-state index is -0.121. The molecule has 1 aromatic carbocycles. The number of aliphatic hydroxyl groups excluding tert-OH is 1. The molecule has 2 rings (SSSR count). The lowest BCUT2D eigenvalue weighted by Crippen LogP contribution is -2.47. The highest BCUT2D eigenvalue weighted by Gasteiger charge is 2.31. The van der Waals surface area contributed by atoms with Crippen LogP contribution in [0.4, 0.5) is 5.69 Å². The molecular formula is C18H30N2O. The molecule has 0 spiro atoms. The first-order valence-electron chi connectivity index (χ1n) is 8.10. The van der Waals surface area contributed by atoms with Crippen molar-refractivity contribution < 1.29 is 5.11 Å². The van der Waals surface area contributed by atoms with Crippen LogP contribution in [0.25, 0.3) is 0 Å². The van der Waals surface area contributed by atoms with Crippen LogP contribution in [0.3, 0.4) is 0 Å². The lowest BCUT2D eigenvalue weighted by atomic mass is 9.96. The summed E-state index contributed by atoms with van der Waals surface area (Å²) in [6.07, 6.45) is 4.62. The van der Waals surface area contributed by atoms with Crippen molar-refractivity contribution >= 4 is 5.69 Å². The highest BCUT2D eigenvalue weighted by Crippen LogP contribution is 2.25. The van der Waals surface area contributed by atoms with Crippen LogP contribution in [0, 0.1) is 13.8 Å². The number of aryl methyl sites for hydroxylation is 2. The second-order valence-corrected chi connectivity index (χ2v) is 7.01. The Kier molecular flexibility index (Phi) is 5.28. The molecule has 1 aliphatic carbocycles. The molecule has 0 radical (unpaired) electrons. The molecule has 1 unspecified atom stereocenters. The lowest BCUT2D eigenvalue weighted by molar-refractivity contribution is 0.162. The van der Waals surface area contributed by atoms with Gasteiger partial charge in [0.15, 0.2) is 0 Å². The van der Waals surface area contributed by atoms with Gasteiger partial charge >= 0.3 is 0 Å². The van der Waals surface area contributed by atoms with Gasteiger partial charge in [-0.3, -0.25) is 0 Å². The number of benzene rings is 1. The average molecular weight is 290 g/mol. The summed E-state index contributed by atoms with van der Waals surface area (Å²) < 4.78 is 0. The second-order valence-electron chi connectivity index (χ2n) is 7.01. The Morgan fingerprint density at radius 1 is 1.24 bits per heavy atom. The fraction of sp³-hybridized carbons (Fsp3) is 0.667. The van der Waals surface area contributed by atoms with Crippen molar-refractivity contribution in [1.82, 2.24) is 5.32 Å². The molecule has 1 fully saturated rings. The van der Waals surface area contributed by atoms with Gasteiger partial charge in [0.1, 0.15) is 0 Å². The number of nitrogens with zero attached hydrogens (tertiary/aromatic N) is 1. The fourth-order valence-electron chi connectivity index (χ4n) is 2.92. The van der Waals surface area contributed by atoms with E-state index in [1.165, 1.54) is 29.7 Å². The summed E-state index contributed by atoms with van der Waals surface area (Å²) in [7, 11) is 2.15. The van der Waals surface area contributed by atoms with Gasteiger partial charge in [-0.2, -0.15) is 0 Å². The maximum atomic E-state index is 9.64.